The molecule has 1 amide bonds. The summed E-state index contributed by atoms with van der Waals surface area (Å²) in [5.74, 6) is 0.933. The lowest BCUT2D eigenvalue weighted by Crippen LogP contribution is -2.58. The second-order valence-electron chi connectivity index (χ2n) is 10.2. The third kappa shape index (κ3) is 4.56. The maximum Gasteiger partial charge on any atom is 0.276 e. The molecule has 1 aliphatic heterocycles. The van der Waals surface area contributed by atoms with Crippen molar-refractivity contribution < 1.29 is 13.9 Å². The van der Waals surface area contributed by atoms with Gasteiger partial charge in [0, 0.05) is 54.9 Å². The van der Waals surface area contributed by atoms with Gasteiger partial charge in [-0.2, -0.15) is 5.26 Å². The Kier molecular flexibility index (Phi) is 6.96. The molecule has 6 rings (SSSR count). The maximum absolute atomic E-state index is 15.2. The van der Waals surface area contributed by atoms with Crippen molar-refractivity contribution in [2.75, 3.05) is 25.1 Å². The van der Waals surface area contributed by atoms with Gasteiger partial charge in [-0.3, -0.25) is 9.36 Å². The lowest BCUT2D eigenvalue weighted by molar-refractivity contribution is 0.0634. The molecular weight excluding hydrogens is 535 g/mol. The first kappa shape index (κ1) is 26.8. The molecule has 42 heavy (non-hydrogen) atoms. The van der Waals surface area contributed by atoms with Crippen LogP contribution >= 0.6 is 0 Å². The molecule has 0 saturated carbocycles. The molecule has 11 heteroatoms. The lowest BCUT2D eigenvalue weighted by atomic mass is 10.0. The number of nitrogens with zero attached hydrogens (tertiary/aromatic N) is 8. The highest BCUT2D eigenvalue weighted by molar-refractivity contribution is 6.02. The molecule has 4 aromatic heterocycles. The van der Waals surface area contributed by atoms with Crippen LogP contribution in [-0.4, -0.2) is 67.6 Å². The third-order valence-electron chi connectivity index (χ3n) is 7.56. The molecule has 0 aliphatic carbocycles. The molecule has 5 aromatic rings. The van der Waals surface area contributed by atoms with Gasteiger partial charge < -0.3 is 14.5 Å². The number of benzene rings is 1. The van der Waals surface area contributed by atoms with E-state index in [4.69, 9.17) is 9.72 Å². The van der Waals surface area contributed by atoms with Crippen LogP contribution in [-0.2, 0) is 0 Å². The number of methoxy groups -OCH3 is 1. The number of nitriles is 1. The topological polar surface area (TPSA) is 113 Å². The third-order valence-corrected chi connectivity index (χ3v) is 7.56. The van der Waals surface area contributed by atoms with Crippen molar-refractivity contribution in [1.29, 1.82) is 5.26 Å². The van der Waals surface area contributed by atoms with Crippen molar-refractivity contribution in [3.05, 3.63) is 90.5 Å². The molecule has 0 spiro atoms. The molecular formula is C31H27FN8O2. The summed E-state index contributed by atoms with van der Waals surface area (Å²) in [6, 6.07) is 15.1. The van der Waals surface area contributed by atoms with Gasteiger partial charge in [0.05, 0.1) is 24.1 Å². The average molecular weight is 563 g/mol. The standard InChI is InChI=1S/C31H27FN8O2/c1-19-16-39(31(41)28-25(42-3)9-6-11-35-28)20(2)15-38(19)29-27-23(22-7-4-5-8-24(22)32)17-40(30(27)37-18-36-29)26-13-21(14-33)10-12-34-26/h4-13,17-20H,15-16H2,1-3H3/t19-,20+/m0/s1. The molecule has 2 atom stereocenters. The van der Waals surface area contributed by atoms with E-state index in [1.54, 1.807) is 70.5 Å². The summed E-state index contributed by atoms with van der Waals surface area (Å²) < 4.78 is 22.4. The maximum atomic E-state index is 15.2. The number of carbonyl (C=O) groups is 1. The number of rotatable bonds is 5. The number of ether oxygens (including phenoxy) is 1. The van der Waals surface area contributed by atoms with Crippen molar-refractivity contribution in [3.63, 3.8) is 0 Å². The number of carbonyl (C=O) groups excluding carboxylic acids is 1. The van der Waals surface area contributed by atoms with Crippen LogP contribution in [0.4, 0.5) is 10.2 Å². The minimum absolute atomic E-state index is 0.144. The van der Waals surface area contributed by atoms with Crippen LogP contribution < -0.4 is 9.64 Å². The summed E-state index contributed by atoms with van der Waals surface area (Å²) in [6.07, 6.45) is 6.39. The van der Waals surface area contributed by atoms with Crippen LogP contribution in [0.5, 0.6) is 5.75 Å². The molecule has 0 radical (unpaired) electrons. The molecule has 1 fully saturated rings. The fourth-order valence-corrected chi connectivity index (χ4v) is 5.50. The van der Waals surface area contributed by atoms with Crippen molar-refractivity contribution in [2.24, 2.45) is 0 Å². The predicted molar refractivity (Wildman–Crippen MR) is 155 cm³/mol. The van der Waals surface area contributed by atoms with Crippen LogP contribution in [0.2, 0.25) is 0 Å². The Morgan fingerprint density at radius 1 is 1.00 bits per heavy atom. The van der Waals surface area contributed by atoms with Gasteiger partial charge in [-0.15, -0.1) is 0 Å². The van der Waals surface area contributed by atoms with E-state index in [9.17, 15) is 10.1 Å². The van der Waals surface area contributed by atoms with E-state index < -0.39 is 0 Å². The highest BCUT2D eigenvalue weighted by atomic mass is 19.1. The first-order valence-electron chi connectivity index (χ1n) is 13.4. The molecule has 5 heterocycles. The van der Waals surface area contributed by atoms with Crippen LogP contribution in [0.15, 0.2) is 73.4 Å². The molecule has 1 saturated heterocycles. The normalized spacial score (nSPS) is 16.8. The fraction of sp³-hybridized carbons (Fsp3) is 0.226. The number of aromatic nitrogens is 5. The van der Waals surface area contributed by atoms with Crippen LogP contribution in [0, 0.1) is 17.1 Å². The van der Waals surface area contributed by atoms with Crippen LogP contribution in [0.1, 0.15) is 29.9 Å². The summed E-state index contributed by atoms with van der Waals surface area (Å²) in [4.78, 5) is 35.5. The quantitative estimate of drug-likeness (QED) is 0.305. The molecule has 10 nitrogen and oxygen atoms in total. The summed E-state index contributed by atoms with van der Waals surface area (Å²) >= 11 is 0. The van der Waals surface area contributed by atoms with Gasteiger partial charge in [0.1, 0.15) is 29.5 Å². The summed E-state index contributed by atoms with van der Waals surface area (Å²) in [7, 11) is 1.52. The van der Waals surface area contributed by atoms with E-state index in [1.807, 2.05) is 13.8 Å². The number of hydrogen-bond acceptors (Lipinski definition) is 8. The van der Waals surface area contributed by atoms with Gasteiger partial charge in [-0.25, -0.2) is 24.3 Å². The smallest absolute Gasteiger partial charge is 0.276 e. The van der Waals surface area contributed by atoms with Crippen LogP contribution in [0.25, 0.3) is 28.0 Å². The van der Waals surface area contributed by atoms with Gasteiger partial charge >= 0.3 is 0 Å². The van der Waals surface area contributed by atoms with Gasteiger partial charge in [-0.1, -0.05) is 18.2 Å². The van der Waals surface area contributed by atoms with Gasteiger partial charge in [-0.05, 0) is 44.2 Å². The van der Waals surface area contributed by atoms with Crippen molar-refractivity contribution in [1.82, 2.24) is 29.4 Å². The molecule has 1 aromatic carbocycles. The monoisotopic (exact) mass is 562 g/mol. The number of anilines is 1. The highest BCUT2D eigenvalue weighted by Crippen LogP contribution is 2.39. The Labute approximate surface area is 241 Å². The van der Waals surface area contributed by atoms with Crippen LogP contribution in [0.3, 0.4) is 0 Å². The van der Waals surface area contributed by atoms with E-state index in [0.29, 0.717) is 58.2 Å². The zero-order valence-electron chi connectivity index (χ0n) is 23.3. The number of hydrogen-bond donors (Lipinski definition) is 0. The van der Waals surface area contributed by atoms with E-state index in [2.05, 4.69) is 25.9 Å². The van der Waals surface area contributed by atoms with Gasteiger partial charge in [0.2, 0.25) is 0 Å². The SMILES string of the molecule is COc1cccnc1C(=O)N1C[C@H](C)N(c2ncnc3c2c(-c2ccccc2F)cn3-c2cc(C#N)ccn2)C[C@H]1C. The van der Waals surface area contributed by atoms with Crippen molar-refractivity contribution >= 4 is 22.8 Å². The Balaban J connectivity index is 1.46. The second-order valence-corrected chi connectivity index (χ2v) is 10.2. The Hall–Kier alpha value is -5.37. The number of amides is 1. The van der Waals surface area contributed by atoms with E-state index in [-0.39, 0.29) is 29.5 Å². The van der Waals surface area contributed by atoms with Gasteiger partial charge in [0.15, 0.2) is 11.3 Å². The molecule has 1 aliphatic rings. The average Bonchev–Trinajstić information content (AvgIpc) is 3.41. The zero-order valence-corrected chi connectivity index (χ0v) is 23.3. The minimum atomic E-state index is -0.383. The minimum Gasteiger partial charge on any atom is -0.494 e. The molecule has 210 valence electrons. The van der Waals surface area contributed by atoms with E-state index in [0.717, 1.165) is 0 Å². The van der Waals surface area contributed by atoms with Crippen molar-refractivity contribution in [3.8, 4) is 28.8 Å². The molecule has 0 bridgehead atoms. The largest absolute Gasteiger partial charge is 0.494 e. The summed E-state index contributed by atoms with van der Waals surface area (Å²) in [5, 5.41) is 10.1. The van der Waals surface area contributed by atoms with Gasteiger partial charge in [0.25, 0.3) is 5.91 Å². The second kappa shape index (κ2) is 10.9. The van der Waals surface area contributed by atoms with Crippen molar-refractivity contribution in [2.45, 2.75) is 25.9 Å². The Bertz CT molecular complexity index is 1850. The highest BCUT2D eigenvalue weighted by Gasteiger charge is 2.36. The zero-order chi connectivity index (χ0) is 29.4. The first-order valence-corrected chi connectivity index (χ1v) is 13.4. The summed E-state index contributed by atoms with van der Waals surface area (Å²) in [6.45, 7) is 4.88. The predicted octanol–water partition coefficient (Wildman–Crippen LogP) is 4.64. The number of piperazine rings is 1. The number of halogens is 1. The van der Waals surface area contributed by atoms with E-state index in [1.165, 1.54) is 19.5 Å². The Morgan fingerprint density at radius 2 is 1.83 bits per heavy atom. The number of fused-ring (bicyclic) bond motifs is 1. The molecule has 0 N–H and O–H groups in total. The summed E-state index contributed by atoms with van der Waals surface area (Å²) in [5.41, 5.74) is 2.22. The Morgan fingerprint density at radius 3 is 2.62 bits per heavy atom. The number of pyridine rings is 2. The van der Waals surface area contributed by atoms with E-state index >= 15 is 4.39 Å². The lowest BCUT2D eigenvalue weighted by Gasteiger charge is -2.44. The molecule has 0 unspecified atom stereocenters. The first-order chi connectivity index (χ1) is 20.4. The fourth-order valence-electron chi connectivity index (χ4n) is 5.50.